The number of benzene rings is 1. The molecule has 2 bridgehead atoms. The van der Waals surface area contributed by atoms with Crippen molar-refractivity contribution in [3.8, 4) is 0 Å². The second-order valence-electron chi connectivity index (χ2n) is 7.39. The van der Waals surface area contributed by atoms with Crippen molar-refractivity contribution in [2.75, 3.05) is 13.1 Å². The number of rotatable bonds is 2. The van der Waals surface area contributed by atoms with Crippen molar-refractivity contribution in [3.63, 3.8) is 0 Å². The Labute approximate surface area is 152 Å². The highest BCUT2D eigenvalue weighted by molar-refractivity contribution is 7.20. The fraction of sp³-hybridized carbons (Fsp3) is 0.500. The minimum Gasteiger partial charge on any atom is -0.346 e. The zero-order valence-electron chi connectivity index (χ0n) is 13.4. The molecule has 3 nitrogen and oxygen atoms in total. The van der Waals surface area contributed by atoms with Crippen molar-refractivity contribution in [2.24, 2.45) is 5.92 Å². The molecule has 1 atom stereocenters. The SMILES string of the molecule is O=C(NC1C2CCN(CC2)C12CC2)c1cc2cc(F)c(Cl)c(F)c2s1. The second-order valence-corrected chi connectivity index (χ2v) is 8.82. The zero-order valence-corrected chi connectivity index (χ0v) is 15.0. The van der Waals surface area contributed by atoms with Gasteiger partial charge in [0.25, 0.3) is 5.91 Å². The molecule has 4 fully saturated rings. The van der Waals surface area contributed by atoms with E-state index in [-0.39, 0.29) is 22.2 Å². The van der Waals surface area contributed by atoms with Crippen LogP contribution in [0.5, 0.6) is 0 Å². The number of piperidine rings is 3. The van der Waals surface area contributed by atoms with E-state index in [0.717, 1.165) is 50.1 Å². The molecular formula is C18H17ClF2N2OS. The van der Waals surface area contributed by atoms with Crippen molar-refractivity contribution in [1.82, 2.24) is 10.2 Å². The first kappa shape index (κ1) is 16.0. The third-order valence-electron chi connectivity index (χ3n) is 6.14. The fourth-order valence-corrected chi connectivity index (χ4v) is 5.92. The molecule has 7 heteroatoms. The lowest BCUT2D eigenvalue weighted by Crippen LogP contribution is -2.65. The third kappa shape index (κ3) is 2.27. The highest BCUT2D eigenvalue weighted by Gasteiger charge is 2.60. The van der Waals surface area contributed by atoms with E-state index < -0.39 is 16.7 Å². The van der Waals surface area contributed by atoms with Gasteiger partial charge in [-0.15, -0.1) is 11.3 Å². The lowest BCUT2D eigenvalue weighted by molar-refractivity contribution is -0.00138. The Morgan fingerprint density at radius 3 is 2.68 bits per heavy atom. The van der Waals surface area contributed by atoms with Gasteiger partial charge in [0.15, 0.2) is 5.82 Å². The summed E-state index contributed by atoms with van der Waals surface area (Å²) in [5.74, 6) is -1.26. The normalized spacial score (nSPS) is 29.3. The Morgan fingerprint density at radius 1 is 1.28 bits per heavy atom. The quantitative estimate of drug-likeness (QED) is 0.790. The molecule has 25 heavy (non-hydrogen) atoms. The summed E-state index contributed by atoms with van der Waals surface area (Å²) in [6, 6.07) is 2.90. The molecule has 1 unspecified atom stereocenters. The summed E-state index contributed by atoms with van der Waals surface area (Å²) in [5, 5.41) is 3.07. The van der Waals surface area contributed by atoms with Crippen LogP contribution in [-0.2, 0) is 0 Å². The van der Waals surface area contributed by atoms with Crippen molar-refractivity contribution in [1.29, 1.82) is 0 Å². The van der Waals surface area contributed by atoms with Gasteiger partial charge in [0.2, 0.25) is 0 Å². The molecule has 2 aromatic rings. The van der Waals surface area contributed by atoms with E-state index in [9.17, 15) is 13.6 Å². The number of carbonyl (C=O) groups excluding carboxylic acids is 1. The summed E-state index contributed by atoms with van der Waals surface area (Å²) < 4.78 is 28.0. The molecule has 4 heterocycles. The van der Waals surface area contributed by atoms with Gasteiger partial charge in [0, 0.05) is 5.54 Å². The Hall–Kier alpha value is -1.24. The van der Waals surface area contributed by atoms with Crippen LogP contribution in [0, 0.1) is 17.6 Å². The molecule has 1 saturated carbocycles. The summed E-state index contributed by atoms with van der Waals surface area (Å²) in [5.41, 5.74) is 0.147. The molecule has 1 N–H and O–H groups in total. The van der Waals surface area contributed by atoms with Crippen LogP contribution in [0.2, 0.25) is 5.02 Å². The maximum Gasteiger partial charge on any atom is 0.261 e. The van der Waals surface area contributed by atoms with E-state index in [1.54, 1.807) is 6.07 Å². The van der Waals surface area contributed by atoms with Crippen LogP contribution >= 0.6 is 22.9 Å². The van der Waals surface area contributed by atoms with Gasteiger partial charge in [-0.2, -0.15) is 0 Å². The molecule has 132 valence electrons. The third-order valence-corrected chi connectivity index (χ3v) is 7.63. The Bertz CT molecular complexity index is 887. The van der Waals surface area contributed by atoms with Crippen LogP contribution in [0.4, 0.5) is 8.78 Å². The van der Waals surface area contributed by atoms with E-state index in [4.69, 9.17) is 11.6 Å². The molecule has 4 aliphatic rings. The van der Waals surface area contributed by atoms with Gasteiger partial charge in [-0.25, -0.2) is 8.78 Å². The molecule has 3 saturated heterocycles. The van der Waals surface area contributed by atoms with Crippen LogP contribution in [-0.4, -0.2) is 35.5 Å². The number of hydrogen-bond donors (Lipinski definition) is 1. The second kappa shape index (κ2) is 5.38. The summed E-state index contributed by atoms with van der Waals surface area (Å²) in [6.07, 6.45) is 4.51. The highest BCUT2D eigenvalue weighted by atomic mass is 35.5. The van der Waals surface area contributed by atoms with Gasteiger partial charge in [-0.1, -0.05) is 11.6 Å². The number of fused-ring (bicyclic) bond motifs is 3. The first-order valence-electron chi connectivity index (χ1n) is 8.62. The molecule has 3 aliphatic heterocycles. The summed E-state index contributed by atoms with van der Waals surface area (Å²) in [7, 11) is 0. The number of nitrogens with one attached hydrogen (secondary N) is 1. The number of carbonyl (C=O) groups is 1. The van der Waals surface area contributed by atoms with Gasteiger partial charge >= 0.3 is 0 Å². The number of nitrogens with zero attached hydrogens (tertiary/aromatic N) is 1. The lowest BCUT2D eigenvalue weighted by Gasteiger charge is -2.52. The standard InChI is InChI=1S/C18H17ClF2N2OS/c19-13-11(20)7-10-8-12(25-15(10)14(13)21)17(24)22-16-9-1-5-23(6-2-9)18(16)3-4-18/h7-9,16H,1-6H2,(H,22,24). The van der Waals surface area contributed by atoms with Gasteiger partial charge in [0.1, 0.15) is 10.8 Å². The molecule has 1 aromatic carbocycles. The van der Waals surface area contributed by atoms with E-state index in [2.05, 4.69) is 10.2 Å². The van der Waals surface area contributed by atoms with Crippen LogP contribution in [0.1, 0.15) is 35.4 Å². The minimum absolute atomic E-state index is 0.147. The number of thiophene rings is 1. The summed E-state index contributed by atoms with van der Waals surface area (Å²) in [4.78, 5) is 15.7. The monoisotopic (exact) mass is 382 g/mol. The van der Waals surface area contributed by atoms with Gasteiger partial charge < -0.3 is 5.32 Å². The van der Waals surface area contributed by atoms with Gasteiger partial charge in [0.05, 0.1) is 15.6 Å². The zero-order chi connectivity index (χ0) is 17.3. The van der Waals surface area contributed by atoms with E-state index >= 15 is 0 Å². The average molecular weight is 383 g/mol. The van der Waals surface area contributed by atoms with Crippen LogP contribution in [0.15, 0.2) is 12.1 Å². The van der Waals surface area contributed by atoms with Crippen LogP contribution in [0.3, 0.4) is 0 Å². The number of hydrogen-bond acceptors (Lipinski definition) is 3. The van der Waals surface area contributed by atoms with E-state index in [1.807, 2.05) is 0 Å². The molecule has 1 amide bonds. The number of halogens is 3. The molecule has 6 rings (SSSR count). The smallest absolute Gasteiger partial charge is 0.261 e. The van der Waals surface area contributed by atoms with Gasteiger partial charge in [-0.3, -0.25) is 9.69 Å². The lowest BCUT2D eigenvalue weighted by atomic mass is 9.77. The van der Waals surface area contributed by atoms with Crippen LogP contribution in [0.25, 0.3) is 10.1 Å². The maximum absolute atomic E-state index is 14.2. The predicted octanol–water partition coefficient (Wildman–Crippen LogP) is 4.19. The summed E-state index contributed by atoms with van der Waals surface area (Å²) in [6.45, 7) is 2.26. The topological polar surface area (TPSA) is 32.3 Å². The average Bonchev–Trinajstić information content (AvgIpc) is 3.27. The minimum atomic E-state index is -0.800. The predicted molar refractivity (Wildman–Crippen MR) is 94.3 cm³/mol. The molecule has 1 aromatic heterocycles. The number of amides is 1. The first-order valence-corrected chi connectivity index (χ1v) is 9.82. The molecule has 1 spiro atoms. The van der Waals surface area contributed by atoms with Crippen LogP contribution < -0.4 is 5.32 Å². The molecule has 1 aliphatic carbocycles. The van der Waals surface area contributed by atoms with Crippen molar-refractivity contribution in [2.45, 2.75) is 37.3 Å². The summed E-state index contributed by atoms with van der Waals surface area (Å²) >= 11 is 6.67. The fourth-order valence-electron chi connectivity index (χ4n) is 4.73. The van der Waals surface area contributed by atoms with Crippen molar-refractivity contribution < 1.29 is 13.6 Å². The first-order chi connectivity index (χ1) is 12.0. The maximum atomic E-state index is 14.2. The Balaban J connectivity index is 1.45. The Kier molecular flexibility index (Phi) is 3.44. The highest BCUT2D eigenvalue weighted by Crippen LogP contribution is 2.53. The molecular weight excluding hydrogens is 366 g/mol. The van der Waals surface area contributed by atoms with E-state index in [1.165, 1.54) is 6.07 Å². The molecule has 0 radical (unpaired) electrons. The van der Waals surface area contributed by atoms with Crippen molar-refractivity contribution >= 4 is 38.9 Å². The van der Waals surface area contributed by atoms with Crippen molar-refractivity contribution in [3.05, 3.63) is 33.7 Å². The largest absolute Gasteiger partial charge is 0.346 e. The van der Waals surface area contributed by atoms with E-state index in [0.29, 0.717) is 16.2 Å². The Morgan fingerprint density at radius 2 is 2.00 bits per heavy atom. The van der Waals surface area contributed by atoms with Gasteiger partial charge in [-0.05, 0) is 62.2 Å².